The SMILES string of the molecule is O=C(c1ccc(Nc2cc(NC3CC3)c3c(Cl)c[nH]c3n2)c2c1OCCO2)N1CCOCC1. The fourth-order valence-corrected chi connectivity index (χ4v) is 4.44. The summed E-state index contributed by atoms with van der Waals surface area (Å²) in [5.74, 6) is 1.53. The fraction of sp³-hybridized carbons (Fsp3) is 0.391. The predicted octanol–water partition coefficient (Wildman–Crippen LogP) is 3.78. The van der Waals surface area contributed by atoms with Crippen LogP contribution in [-0.2, 0) is 4.74 Å². The summed E-state index contributed by atoms with van der Waals surface area (Å²) in [5, 5.41) is 8.39. The number of rotatable bonds is 5. The second kappa shape index (κ2) is 8.31. The van der Waals surface area contributed by atoms with Crippen molar-refractivity contribution in [2.45, 2.75) is 18.9 Å². The molecular formula is C23H24ClN5O4. The van der Waals surface area contributed by atoms with E-state index in [0.717, 1.165) is 23.9 Å². The van der Waals surface area contributed by atoms with Crippen LogP contribution >= 0.6 is 11.6 Å². The van der Waals surface area contributed by atoms with E-state index in [2.05, 4.69) is 20.6 Å². The molecule has 3 N–H and O–H groups in total. The zero-order valence-corrected chi connectivity index (χ0v) is 18.7. The molecule has 2 fully saturated rings. The van der Waals surface area contributed by atoms with Gasteiger partial charge in [0.15, 0.2) is 11.5 Å². The predicted molar refractivity (Wildman–Crippen MR) is 125 cm³/mol. The van der Waals surface area contributed by atoms with Gasteiger partial charge in [-0.3, -0.25) is 4.79 Å². The van der Waals surface area contributed by atoms with Gasteiger partial charge in [-0.1, -0.05) is 11.6 Å². The van der Waals surface area contributed by atoms with Crippen molar-refractivity contribution in [1.29, 1.82) is 0 Å². The van der Waals surface area contributed by atoms with Gasteiger partial charge in [0.2, 0.25) is 0 Å². The smallest absolute Gasteiger partial charge is 0.257 e. The fourth-order valence-electron chi connectivity index (χ4n) is 4.20. The lowest BCUT2D eigenvalue weighted by Gasteiger charge is -2.29. The number of ether oxygens (including phenoxy) is 3. The molecule has 1 amide bonds. The number of amides is 1. The van der Waals surface area contributed by atoms with Gasteiger partial charge >= 0.3 is 0 Å². The first kappa shape index (κ1) is 20.4. The Morgan fingerprint density at radius 1 is 1.09 bits per heavy atom. The minimum atomic E-state index is -0.0805. The second-order valence-corrected chi connectivity index (χ2v) is 8.79. The summed E-state index contributed by atoms with van der Waals surface area (Å²) in [5.41, 5.74) is 2.80. The zero-order valence-electron chi connectivity index (χ0n) is 17.9. The topological polar surface area (TPSA) is 101 Å². The highest BCUT2D eigenvalue weighted by molar-refractivity contribution is 6.36. The summed E-state index contributed by atoms with van der Waals surface area (Å²) in [6.07, 6.45) is 4.03. The molecule has 0 spiro atoms. The Bertz CT molecular complexity index is 1220. The maximum atomic E-state index is 13.1. The third-order valence-corrected chi connectivity index (χ3v) is 6.31. The Balaban J connectivity index is 1.35. The molecule has 1 saturated heterocycles. The van der Waals surface area contributed by atoms with Crippen molar-refractivity contribution in [3.63, 3.8) is 0 Å². The number of morpholine rings is 1. The molecule has 0 atom stereocenters. The molecule has 1 aliphatic carbocycles. The van der Waals surface area contributed by atoms with E-state index in [1.54, 1.807) is 17.2 Å². The molecule has 2 aliphatic heterocycles. The van der Waals surface area contributed by atoms with Gasteiger partial charge in [-0.15, -0.1) is 0 Å². The van der Waals surface area contributed by atoms with Gasteiger partial charge in [-0.05, 0) is 25.0 Å². The number of aromatic nitrogens is 2. The number of carbonyl (C=O) groups is 1. The van der Waals surface area contributed by atoms with Gasteiger partial charge < -0.3 is 34.7 Å². The first-order valence-electron chi connectivity index (χ1n) is 11.2. The first-order chi connectivity index (χ1) is 16.2. The second-order valence-electron chi connectivity index (χ2n) is 8.38. The average molecular weight is 470 g/mol. The van der Waals surface area contributed by atoms with E-state index in [-0.39, 0.29) is 5.91 Å². The van der Waals surface area contributed by atoms with Crippen molar-refractivity contribution in [2.75, 3.05) is 50.2 Å². The van der Waals surface area contributed by atoms with E-state index < -0.39 is 0 Å². The summed E-state index contributed by atoms with van der Waals surface area (Å²) in [4.78, 5) is 22.7. The van der Waals surface area contributed by atoms with Crippen molar-refractivity contribution in [3.8, 4) is 11.5 Å². The van der Waals surface area contributed by atoms with Crippen LogP contribution in [0.15, 0.2) is 24.4 Å². The van der Waals surface area contributed by atoms with Crippen LogP contribution < -0.4 is 20.1 Å². The summed E-state index contributed by atoms with van der Waals surface area (Å²) in [6, 6.07) is 6.02. The summed E-state index contributed by atoms with van der Waals surface area (Å²) in [7, 11) is 0. The van der Waals surface area contributed by atoms with Crippen molar-refractivity contribution < 1.29 is 19.0 Å². The van der Waals surface area contributed by atoms with E-state index in [4.69, 9.17) is 25.8 Å². The number of hydrogen-bond acceptors (Lipinski definition) is 7. The quantitative estimate of drug-likeness (QED) is 0.522. The van der Waals surface area contributed by atoms with E-state index in [1.165, 1.54) is 0 Å². The van der Waals surface area contributed by atoms with E-state index in [1.807, 2.05) is 12.1 Å². The number of aromatic amines is 1. The standard InChI is InChI=1S/C23H24ClN5O4/c24-15-12-25-22-19(15)17(26-13-1-2-13)11-18(28-22)27-16-4-3-14(20-21(16)33-10-9-32-20)23(30)29-5-7-31-8-6-29/h3-4,11-13H,1-2,5-10H2,(H3,25,26,27,28). The zero-order chi connectivity index (χ0) is 22.4. The van der Waals surface area contributed by atoms with Gasteiger partial charge in [0.1, 0.15) is 24.7 Å². The number of H-pyrrole nitrogens is 1. The minimum Gasteiger partial charge on any atom is -0.485 e. The van der Waals surface area contributed by atoms with Gasteiger partial charge in [0, 0.05) is 31.4 Å². The Kier molecular flexibility index (Phi) is 5.15. The van der Waals surface area contributed by atoms with Crippen LogP contribution in [0.1, 0.15) is 23.2 Å². The highest BCUT2D eigenvalue weighted by Crippen LogP contribution is 2.43. The van der Waals surface area contributed by atoms with Gasteiger partial charge in [0.25, 0.3) is 5.91 Å². The number of hydrogen-bond donors (Lipinski definition) is 3. The molecule has 0 bridgehead atoms. The minimum absolute atomic E-state index is 0.0805. The lowest BCUT2D eigenvalue weighted by Crippen LogP contribution is -2.41. The Hall–Kier alpha value is -3.17. The average Bonchev–Trinajstić information content (AvgIpc) is 3.59. The Morgan fingerprint density at radius 3 is 2.67 bits per heavy atom. The molecule has 0 radical (unpaired) electrons. The number of halogens is 1. The molecule has 172 valence electrons. The van der Waals surface area contributed by atoms with Crippen LogP contribution in [0.2, 0.25) is 5.02 Å². The van der Waals surface area contributed by atoms with E-state index in [9.17, 15) is 4.79 Å². The number of benzene rings is 1. The van der Waals surface area contributed by atoms with Gasteiger partial charge in [-0.2, -0.15) is 0 Å². The Labute approximate surface area is 195 Å². The maximum absolute atomic E-state index is 13.1. The molecule has 4 heterocycles. The molecule has 10 heteroatoms. The third kappa shape index (κ3) is 3.91. The van der Waals surface area contributed by atoms with Gasteiger partial charge in [0.05, 0.1) is 40.6 Å². The molecule has 1 saturated carbocycles. The normalized spacial score (nSPS) is 17.8. The number of nitrogens with zero attached hydrogens (tertiary/aromatic N) is 2. The highest BCUT2D eigenvalue weighted by atomic mass is 35.5. The number of pyridine rings is 1. The highest BCUT2D eigenvalue weighted by Gasteiger charge is 2.28. The summed E-state index contributed by atoms with van der Waals surface area (Å²) in [6.45, 7) is 3.00. The molecule has 3 aliphatic rings. The molecule has 0 unspecified atom stereocenters. The van der Waals surface area contributed by atoms with E-state index in [0.29, 0.717) is 84.8 Å². The maximum Gasteiger partial charge on any atom is 0.257 e. The number of nitrogens with one attached hydrogen (secondary N) is 3. The largest absolute Gasteiger partial charge is 0.485 e. The summed E-state index contributed by atoms with van der Waals surface area (Å²) >= 11 is 6.39. The summed E-state index contributed by atoms with van der Waals surface area (Å²) < 4.78 is 17.2. The van der Waals surface area contributed by atoms with Crippen LogP contribution in [0.25, 0.3) is 11.0 Å². The lowest BCUT2D eigenvalue weighted by atomic mass is 10.1. The monoisotopic (exact) mass is 469 g/mol. The molecule has 1 aromatic carbocycles. The van der Waals surface area contributed by atoms with Crippen LogP contribution in [0.5, 0.6) is 11.5 Å². The molecule has 3 aromatic rings. The Morgan fingerprint density at radius 2 is 1.88 bits per heavy atom. The molecular weight excluding hydrogens is 446 g/mol. The van der Waals surface area contributed by atoms with Crippen molar-refractivity contribution >= 4 is 45.7 Å². The van der Waals surface area contributed by atoms with Gasteiger partial charge in [-0.25, -0.2) is 4.98 Å². The molecule has 9 nitrogen and oxygen atoms in total. The van der Waals surface area contributed by atoms with Crippen LogP contribution in [-0.4, -0.2) is 66.3 Å². The number of anilines is 3. The molecule has 2 aromatic heterocycles. The lowest BCUT2D eigenvalue weighted by molar-refractivity contribution is 0.0298. The van der Waals surface area contributed by atoms with Crippen LogP contribution in [0, 0.1) is 0 Å². The first-order valence-corrected chi connectivity index (χ1v) is 11.6. The number of carbonyl (C=O) groups excluding carboxylic acids is 1. The van der Waals surface area contributed by atoms with Crippen molar-refractivity contribution in [1.82, 2.24) is 14.9 Å². The van der Waals surface area contributed by atoms with Crippen molar-refractivity contribution in [3.05, 3.63) is 35.0 Å². The molecule has 6 rings (SSSR count). The van der Waals surface area contributed by atoms with Crippen LogP contribution in [0.4, 0.5) is 17.2 Å². The van der Waals surface area contributed by atoms with Crippen molar-refractivity contribution in [2.24, 2.45) is 0 Å². The molecule has 33 heavy (non-hydrogen) atoms. The van der Waals surface area contributed by atoms with Crippen LogP contribution in [0.3, 0.4) is 0 Å². The third-order valence-electron chi connectivity index (χ3n) is 6.01. The van der Waals surface area contributed by atoms with E-state index >= 15 is 0 Å². The number of fused-ring (bicyclic) bond motifs is 2.